The van der Waals surface area contributed by atoms with E-state index in [1.54, 1.807) is 19.1 Å². The zero-order valence-corrected chi connectivity index (χ0v) is 37.4. The zero-order chi connectivity index (χ0) is 45.9. The number of phenols is 1. The number of carbonyl (C=O) groups is 8. The van der Waals surface area contributed by atoms with Gasteiger partial charge in [0.1, 0.15) is 17.8 Å². The Kier molecular flexibility index (Phi) is 20.9. The van der Waals surface area contributed by atoms with Crippen molar-refractivity contribution < 1.29 is 52.9 Å². The summed E-state index contributed by atoms with van der Waals surface area (Å²) >= 11 is 1.86. The highest BCUT2D eigenvalue weighted by molar-refractivity contribution is 8.00. The van der Waals surface area contributed by atoms with Gasteiger partial charge in [-0.25, -0.2) is 9.59 Å². The first kappa shape index (κ1) is 50.7. The summed E-state index contributed by atoms with van der Waals surface area (Å²) in [5.74, 6) is -2.70. The molecule has 63 heavy (non-hydrogen) atoms. The van der Waals surface area contributed by atoms with E-state index in [2.05, 4.69) is 37.2 Å². The second-order valence-electron chi connectivity index (χ2n) is 16.7. The van der Waals surface area contributed by atoms with E-state index in [-0.39, 0.29) is 67.5 Å². The van der Waals surface area contributed by atoms with Crippen LogP contribution < -0.4 is 43.0 Å². The van der Waals surface area contributed by atoms with E-state index in [0.717, 1.165) is 30.6 Å². The number of urea groups is 1. The molecular formula is C43H66N8O11S. The van der Waals surface area contributed by atoms with Gasteiger partial charge < -0.3 is 52.2 Å². The van der Waals surface area contributed by atoms with Crippen LogP contribution in [-0.2, 0) is 49.5 Å². The average Bonchev–Trinajstić information content (AvgIpc) is 3.84. The van der Waals surface area contributed by atoms with Crippen molar-refractivity contribution in [2.45, 2.75) is 152 Å². The van der Waals surface area contributed by atoms with E-state index in [1.165, 1.54) is 12.1 Å². The highest BCUT2D eigenvalue weighted by Gasteiger charge is 2.52. The van der Waals surface area contributed by atoms with E-state index < -0.39 is 59.9 Å². The number of esters is 1. The third kappa shape index (κ3) is 17.6. The summed E-state index contributed by atoms with van der Waals surface area (Å²) in [5.41, 5.74) is 6.29. The van der Waals surface area contributed by atoms with Crippen molar-refractivity contribution in [3.63, 3.8) is 0 Å². The number of rotatable bonds is 29. The molecular weight excluding hydrogens is 837 g/mol. The predicted molar refractivity (Wildman–Crippen MR) is 234 cm³/mol. The molecule has 20 heteroatoms. The highest BCUT2D eigenvalue weighted by Crippen LogP contribution is 2.33. The molecule has 8 amide bonds. The molecule has 0 unspecified atom stereocenters. The topological polar surface area (TPSA) is 289 Å². The van der Waals surface area contributed by atoms with E-state index in [9.17, 15) is 43.5 Å². The number of primary amides is 1. The standard InChI is InChI=1S/C43H66N8O11S/c1-4-61-42(59)37-36(62-37)41(58)48-30(22-25(2)3)40(57)51-39(56)29(23-26-16-18-27(52)19-17-26)45-20-10-5-6-15-34(54)47-28(38(44)55)12-9-11-21-46-33(53)14-8-7-13-32-35-31(24-63-32)49-43(60)50-35/h16-19,25,28-32,35-37,45,52H,4-15,20-24H2,1-3H3,(H2,44,55)(H,46,53)(H,47,54)(H,48,58)(H2,49,50,60)(H,51,56,57)/t28-,29-,30-,31-,32-,35-,36+,37-/m0/s1. The molecule has 0 aliphatic carbocycles. The molecule has 10 N–H and O–H groups in total. The molecule has 0 radical (unpaired) electrons. The summed E-state index contributed by atoms with van der Waals surface area (Å²) in [4.78, 5) is 100. The van der Waals surface area contributed by atoms with Crippen LogP contribution in [0.25, 0.3) is 0 Å². The van der Waals surface area contributed by atoms with Crippen molar-refractivity contribution in [3.05, 3.63) is 29.8 Å². The number of epoxide rings is 1. The fourth-order valence-corrected chi connectivity index (χ4v) is 9.12. The number of aromatic hydroxyl groups is 1. The Hall–Kier alpha value is -4.95. The fraction of sp³-hybridized carbons (Fsp3) is 0.674. The third-order valence-electron chi connectivity index (χ3n) is 11.0. The smallest absolute Gasteiger partial charge is 0.338 e. The van der Waals surface area contributed by atoms with Gasteiger partial charge in [0.2, 0.25) is 29.5 Å². The number of benzene rings is 1. The Balaban J connectivity index is 1.12. The maximum absolute atomic E-state index is 13.5. The summed E-state index contributed by atoms with van der Waals surface area (Å²) in [7, 11) is 0. The first-order valence-corrected chi connectivity index (χ1v) is 23.2. The van der Waals surface area contributed by atoms with Gasteiger partial charge in [-0.2, -0.15) is 11.8 Å². The number of hydrogen-bond donors (Lipinski definition) is 9. The van der Waals surface area contributed by atoms with Crippen LogP contribution in [0.4, 0.5) is 4.79 Å². The zero-order valence-electron chi connectivity index (χ0n) is 36.5. The second-order valence-corrected chi connectivity index (χ2v) is 18.0. The molecule has 4 rings (SSSR count). The maximum atomic E-state index is 13.5. The molecule has 8 atom stereocenters. The summed E-state index contributed by atoms with van der Waals surface area (Å²) in [5, 5.41) is 29.9. The van der Waals surface area contributed by atoms with Crippen LogP contribution in [0, 0.1) is 5.92 Å². The number of nitrogens with one attached hydrogen (secondary N) is 7. The molecule has 0 saturated carbocycles. The van der Waals surface area contributed by atoms with Crippen LogP contribution in [0.2, 0.25) is 0 Å². The van der Waals surface area contributed by atoms with E-state index in [4.69, 9.17) is 15.2 Å². The number of imide groups is 1. The van der Waals surface area contributed by atoms with Crippen LogP contribution in [0.3, 0.4) is 0 Å². The number of phenolic OH excluding ortho intramolecular Hbond substituents is 1. The summed E-state index contributed by atoms with van der Waals surface area (Å²) in [6.07, 6.45) is 4.70. The van der Waals surface area contributed by atoms with Crippen molar-refractivity contribution in [2.24, 2.45) is 11.7 Å². The van der Waals surface area contributed by atoms with Gasteiger partial charge in [0.15, 0.2) is 12.2 Å². The van der Waals surface area contributed by atoms with Crippen molar-refractivity contribution >= 4 is 59.2 Å². The molecule has 3 aliphatic rings. The molecule has 1 aromatic carbocycles. The van der Waals surface area contributed by atoms with Crippen LogP contribution in [0.5, 0.6) is 5.75 Å². The first-order valence-electron chi connectivity index (χ1n) is 22.2. The minimum Gasteiger partial charge on any atom is -0.508 e. The molecule has 19 nitrogen and oxygen atoms in total. The predicted octanol–water partition coefficient (Wildman–Crippen LogP) is 0.940. The maximum Gasteiger partial charge on any atom is 0.338 e. The van der Waals surface area contributed by atoms with Crippen molar-refractivity contribution in [3.8, 4) is 5.75 Å². The molecule has 3 heterocycles. The number of fused-ring (bicyclic) bond motifs is 1. The monoisotopic (exact) mass is 902 g/mol. The Morgan fingerprint density at radius 1 is 0.857 bits per heavy atom. The summed E-state index contributed by atoms with van der Waals surface area (Å²) in [6.45, 7) is 6.30. The van der Waals surface area contributed by atoms with E-state index >= 15 is 0 Å². The summed E-state index contributed by atoms with van der Waals surface area (Å²) in [6, 6.07) is 3.79. The van der Waals surface area contributed by atoms with Gasteiger partial charge in [-0.3, -0.25) is 34.1 Å². The van der Waals surface area contributed by atoms with Gasteiger partial charge in [0.05, 0.1) is 24.7 Å². The third-order valence-corrected chi connectivity index (χ3v) is 12.5. The fourth-order valence-electron chi connectivity index (χ4n) is 7.57. The SMILES string of the molecule is CCOC(=O)[C@H]1O[C@H]1C(=O)N[C@@H](CC(C)C)C(=O)NC(=O)[C@H](Cc1ccc(O)cc1)NCCCCCC(=O)N[C@@H](CCCCNC(=O)CCCC[C@@H]1SC[C@@H]2NC(=O)N[C@@H]21)C(N)=O. The van der Waals surface area contributed by atoms with Gasteiger partial charge in [-0.05, 0) is 94.9 Å². The largest absolute Gasteiger partial charge is 0.508 e. The van der Waals surface area contributed by atoms with Crippen LogP contribution in [0.15, 0.2) is 24.3 Å². The van der Waals surface area contributed by atoms with Crippen molar-refractivity contribution in [2.75, 3.05) is 25.4 Å². The number of thioether (sulfide) groups is 1. The lowest BCUT2D eigenvalue weighted by Crippen LogP contribution is -2.54. The molecule has 1 aromatic rings. The number of hydrogen-bond acceptors (Lipinski definition) is 13. The minimum absolute atomic E-state index is 0.0300. The molecule has 0 bridgehead atoms. The van der Waals surface area contributed by atoms with Gasteiger partial charge in [-0.1, -0.05) is 38.8 Å². The number of carbonyl (C=O) groups excluding carboxylic acids is 8. The number of unbranched alkanes of at least 4 members (excludes halogenated alkanes) is 4. The number of nitrogens with two attached hydrogens (primary N) is 1. The van der Waals surface area contributed by atoms with Crippen LogP contribution in [-0.4, -0.2) is 126 Å². The Bertz CT molecular complexity index is 1730. The van der Waals surface area contributed by atoms with E-state index in [1.807, 2.05) is 25.6 Å². The number of amides is 8. The minimum atomic E-state index is -1.08. The second kappa shape index (κ2) is 26.0. The lowest BCUT2D eigenvalue weighted by atomic mass is 10.0. The van der Waals surface area contributed by atoms with E-state index in [0.29, 0.717) is 63.3 Å². The quantitative estimate of drug-likeness (QED) is 0.0235. The van der Waals surface area contributed by atoms with Gasteiger partial charge >= 0.3 is 12.0 Å². The molecule has 3 saturated heterocycles. The lowest BCUT2D eigenvalue weighted by molar-refractivity contribution is -0.144. The van der Waals surface area contributed by atoms with Crippen molar-refractivity contribution in [1.82, 2.24) is 37.2 Å². The Labute approximate surface area is 373 Å². The Morgan fingerprint density at radius 2 is 1.56 bits per heavy atom. The number of ether oxygens (including phenoxy) is 2. The highest BCUT2D eigenvalue weighted by atomic mass is 32.2. The van der Waals surface area contributed by atoms with Gasteiger partial charge in [0, 0.05) is 30.4 Å². The average molecular weight is 903 g/mol. The van der Waals surface area contributed by atoms with Crippen LogP contribution >= 0.6 is 11.8 Å². The first-order chi connectivity index (χ1) is 30.1. The molecule has 0 spiro atoms. The lowest BCUT2D eigenvalue weighted by Gasteiger charge is -2.22. The Morgan fingerprint density at radius 3 is 2.27 bits per heavy atom. The van der Waals surface area contributed by atoms with Crippen molar-refractivity contribution in [1.29, 1.82) is 0 Å². The van der Waals surface area contributed by atoms with Gasteiger partial charge in [-0.15, -0.1) is 0 Å². The molecule has 350 valence electrons. The molecule has 0 aromatic heterocycles. The normalized spacial score (nSPS) is 21.2. The van der Waals surface area contributed by atoms with Crippen LogP contribution in [0.1, 0.15) is 103 Å². The molecule has 3 fully saturated rings. The molecule has 3 aliphatic heterocycles. The van der Waals surface area contributed by atoms with Gasteiger partial charge in [0.25, 0.3) is 5.91 Å². The summed E-state index contributed by atoms with van der Waals surface area (Å²) < 4.78 is 10.1.